The third kappa shape index (κ3) is 4.04. The third-order valence-electron chi connectivity index (χ3n) is 8.63. The van der Waals surface area contributed by atoms with Gasteiger partial charge in [0.2, 0.25) is 0 Å². The molecular formula is C41H26N4. The Labute approximate surface area is 259 Å². The number of rotatable bonds is 4. The van der Waals surface area contributed by atoms with Gasteiger partial charge in [0.25, 0.3) is 0 Å². The summed E-state index contributed by atoms with van der Waals surface area (Å²) in [4.78, 5) is 10.1. The van der Waals surface area contributed by atoms with Crippen LogP contribution < -0.4 is 0 Å². The van der Waals surface area contributed by atoms with Crippen LogP contribution in [0.1, 0.15) is 0 Å². The first kappa shape index (κ1) is 25.4. The monoisotopic (exact) mass is 574 g/mol. The normalized spacial score (nSPS) is 11.6. The minimum absolute atomic E-state index is 0.885. The van der Waals surface area contributed by atoms with Crippen molar-refractivity contribution in [1.82, 2.24) is 19.6 Å². The highest BCUT2D eigenvalue weighted by Gasteiger charge is 2.25. The number of benzene rings is 5. The summed E-state index contributed by atoms with van der Waals surface area (Å²) in [5.74, 6) is 0. The number of hydrogen-bond donors (Lipinski definition) is 0. The molecule has 0 aliphatic rings. The summed E-state index contributed by atoms with van der Waals surface area (Å²) in [6.45, 7) is 0. The molecule has 0 aliphatic carbocycles. The van der Waals surface area contributed by atoms with Gasteiger partial charge in [0.1, 0.15) is 5.69 Å². The molecule has 0 radical (unpaired) electrons. The van der Waals surface area contributed by atoms with Gasteiger partial charge in [-0.25, -0.2) is 9.50 Å². The summed E-state index contributed by atoms with van der Waals surface area (Å²) in [6, 6.07) is 52.9. The van der Waals surface area contributed by atoms with E-state index >= 15 is 0 Å². The fraction of sp³-hybridized carbons (Fsp3) is 0. The predicted octanol–water partition coefficient (Wildman–Crippen LogP) is 10.3. The summed E-state index contributed by atoms with van der Waals surface area (Å²) in [5.41, 5.74) is 11.1. The van der Waals surface area contributed by atoms with Gasteiger partial charge < -0.3 is 0 Å². The van der Waals surface area contributed by atoms with Gasteiger partial charge in [0.05, 0.1) is 27.9 Å². The maximum Gasteiger partial charge on any atom is 0.101 e. The fourth-order valence-corrected chi connectivity index (χ4v) is 6.63. The van der Waals surface area contributed by atoms with Crippen LogP contribution in [0.25, 0.3) is 83.0 Å². The van der Waals surface area contributed by atoms with Crippen LogP contribution in [-0.2, 0) is 0 Å². The molecule has 210 valence electrons. The van der Waals surface area contributed by atoms with E-state index in [1.807, 2.05) is 18.3 Å². The van der Waals surface area contributed by atoms with E-state index < -0.39 is 0 Å². The fourth-order valence-electron chi connectivity index (χ4n) is 6.63. The molecule has 0 spiro atoms. The van der Waals surface area contributed by atoms with Crippen molar-refractivity contribution in [1.29, 1.82) is 0 Å². The largest absolute Gasteiger partial charge is 0.254 e. The SMILES string of the molecule is c1ccc(-c2nn3c(-c4ccccc4)c(-c4ccc5ccc6cccnc6c5n4)c4ccccc4c3c2-c2ccccc2)cc1. The van der Waals surface area contributed by atoms with Gasteiger partial charge in [-0.15, -0.1) is 0 Å². The molecule has 4 heterocycles. The maximum atomic E-state index is 5.46. The van der Waals surface area contributed by atoms with Crippen LogP contribution in [-0.4, -0.2) is 19.6 Å². The lowest BCUT2D eigenvalue weighted by Crippen LogP contribution is -2.01. The van der Waals surface area contributed by atoms with E-state index in [9.17, 15) is 0 Å². The number of pyridine rings is 3. The second-order valence-corrected chi connectivity index (χ2v) is 11.3. The summed E-state index contributed by atoms with van der Waals surface area (Å²) in [7, 11) is 0. The first-order chi connectivity index (χ1) is 22.3. The predicted molar refractivity (Wildman–Crippen MR) is 185 cm³/mol. The highest BCUT2D eigenvalue weighted by molar-refractivity contribution is 6.15. The van der Waals surface area contributed by atoms with E-state index in [2.05, 4.69) is 144 Å². The molecule has 0 atom stereocenters. The first-order valence-corrected chi connectivity index (χ1v) is 15.1. The van der Waals surface area contributed by atoms with Gasteiger partial charge in [0, 0.05) is 44.6 Å². The van der Waals surface area contributed by atoms with Crippen molar-refractivity contribution in [2.45, 2.75) is 0 Å². The Kier molecular flexibility index (Phi) is 5.78. The molecule has 5 aromatic carbocycles. The highest BCUT2D eigenvalue weighted by Crippen LogP contribution is 2.45. The Balaban J connectivity index is 1.49. The zero-order chi connectivity index (χ0) is 29.7. The van der Waals surface area contributed by atoms with Crippen molar-refractivity contribution >= 4 is 38.1 Å². The number of fused-ring (bicyclic) bond motifs is 6. The first-order valence-electron chi connectivity index (χ1n) is 15.1. The Hall–Kier alpha value is -6.13. The lowest BCUT2D eigenvalue weighted by Gasteiger charge is -2.17. The van der Waals surface area contributed by atoms with Crippen molar-refractivity contribution in [3.63, 3.8) is 0 Å². The van der Waals surface area contributed by atoms with E-state index in [1.165, 1.54) is 0 Å². The molecule has 4 heteroatoms. The van der Waals surface area contributed by atoms with E-state index in [-0.39, 0.29) is 0 Å². The molecule has 9 aromatic rings. The molecule has 0 saturated carbocycles. The molecule has 0 bridgehead atoms. The van der Waals surface area contributed by atoms with Crippen LogP contribution in [0.4, 0.5) is 0 Å². The average molecular weight is 575 g/mol. The standard InChI is InChI=1S/C41H26N4/c1-4-13-27(14-5-1)35-37(28-15-6-2-7-16-28)44-45-40(31-17-8-3-9-18-31)36(32-20-10-11-21-33(32)41(35)45)34-25-24-30-23-22-29-19-12-26-42-38(29)39(30)43-34/h1-26H. The molecule has 4 aromatic heterocycles. The van der Waals surface area contributed by atoms with E-state index in [0.29, 0.717) is 0 Å². The van der Waals surface area contributed by atoms with Gasteiger partial charge >= 0.3 is 0 Å². The van der Waals surface area contributed by atoms with Crippen LogP contribution in [0.5, 0.6) is 0 Å². The lowest BCUT2D eigenvalue weighted by molar-refractivity contribution is 0.980. The van der Waals surface area contributed by atoms with Gasteiger partial charge in [-0.3, -0.25) is 4.98 Å². The molecule has 0 unspecified atom stereocenters. The minimum Gasteiger partial charge on any atom is -0.254 e. The van der Waals surface area contributed by atoms with Gasteiger partial charge in [-0.05, 0) is 23.1 Å². The number of hydrogen-bond acceptors (Lipinski definition) is 3. The van der Waals surface area contributed by atoms with Crippen molar-refractivity contribution in [3.8, 4) is 44.9 Å². The van der Waals surface area contributed by atoms with E-state index in [4.69, 9.17) is 15.1 Å². The molecule has 0 aliphatic heterocycles. The minimum atomic E-state index is 0.885. The van der Waals surface area contributed by atoms with Gasteiger partial charge in [0.15, 0.2) is 0 Å². The van der Waals surface area contributed by atoms with E-state index in [0.717, 1.165) is 83.0 Å². The number of nitrogens with zero attached hydrogens (tertiary/aromatic N) is 4. The van der Waals surface area contributed by atoms with Crippen molar-refractivity contribution in [2.24, 2.45) is 0 Å². The second-order valence-electron chi connectivity index (χ2n) is 11.3. The van der Waals surface area contributed by atoms with Crippen LogP contribution in [0.15, 0.2) is 158 Å². The van der Waals surface area contributed by atoms with Gasteiger partial charge in [-0.1, -0.05) is 140 Å². The number of aromatic nitrogens is 4. The Bertz CT molecular complexity index is 2520. The van der Waals surface area contributed by atoms with Crippen molar-refractivity contribution in [2.75, 3.05) is 0 Å². The Morgan fingerprint density at radius 2 is 1.04 bits per heavy atom. The zero-order valence-electron chi connectivity index (χ0n) is 24.3. The molecule has 9 rings (SSSR count). The average Bonchev–Trinajstić information content (AvgIpc) is 3.53. The third-order valence-corrected chi connectivity index (χ3v) is 8.63. The molecule has 0 saturated heterocycles. The molecule has 0 N–H and O–H groups in total. The Morgan fingerprint density at radius 1 is 0.444 bits per heavy atom. The quantitative estimate of drug-likeness (QED) is 0.196. The maximum absolute atomic E-state index is 5.46. The Morgan fingerprint density at radius 3 is 1.78 bits per heavy atom. The molecule has 0 fully saturated rings. The van der Waals surface area contributed by atoms with E-state index in [1.54, 1.807) is 0 Å². The molecule has 45 heavy (non-hydrogen) atoms. The van der Waals surface area contributed by atoms with Crippen molar-refractivity contribution in [3.05, 3.63) is 158 Å². The smallest absolute Gasteiger partial charge is 0.101 e. The zero-order valence-corrected chi connectivity index (χ0v) is 24.3. The van der Waals surface area contributed by atoms with Crippen molar-refractivity contribution < 1.29 is 0 Å². The van der Waals surface area contributed by atoms with Gasteiger partial charge in [-0.2, -0.15) is 5.10 Å². The summed E-state index contributed by atoms with van der Waals surface area (Å²) >= 11 is 0. The lowest BCUT2D eigenvalue weighted by atomic mass is 9.93. The highest BCUT2D eigenvalue weighted by atomic mass is 15.2. The molecule has 0 amide bonds. The summed E-state index contributed by atoms with van der Waals surface area (Å²) in [5, 5.41) is 9.85. The van der Waals surface area contributed by atoms with Crippen LogP contribution in [0.2, 0.25) is 0 Å². The second kappa shape index (κ2) is 10.2. The topological polar surface area (TPSA) is 43.1 Å². The summed E-state index contributed by atoms with van der Waals surface area (Å²) < 4.78 is 2.16. The van der Waals surface area contributed by atoms with Crippen LogP contribution in [0, 0.1) is 0 Å². The van der Waals surface area contributed by atoms with Crippen LogP contribution >= 0.6 is 0 Å². The summed E-state index contributed by atoms with van der Waals surface area (Å²) in [6.07, 6.45) is 1.84. The molecular weight excluding hydrogens is 548 g/mol. The molecule has 4 nitrogen and oxygen atoms in total. The van der Waals surface area contributed by atoms with Crippen LogP contribution in [0.3, 0.4) is 0 Å².